The van der Waals surface area contributed by atoms with Gasteiger partial charge in [-0.1, -0.05) is 6.92 Å². The fourth-order valence-electron chi connectivity index (χ4n) is 2.67. The number of aryl methyl sites for hydroxylation is 1. The summed E-state index contributed by atoms with van der Waals surface area (Å²) in [5.74, 6) is 2.52. The summed E-state index contributed by atoms with van der Waals surface area (Å²) in [6, 6.07) is 2.01. The van der Waals surface area contributed by atoms with Gasteiger partial charge in [-0.3, -0.25) is 4.90 Å². The molecule has 1 aliphatic heterocycles. The van der Waals surface area contributed by atoms with Crippen molar-refractivity contribution in [1.29, 1.82) is 0 Å². The van der Waals surface area contributed by atoms with Gasteiger partial charge in [0.15, 0.2) is 0 Å². The molecule has 1 saturated heterocycles. The van der Waals surface area contributed by atoms with Crippen molar-refractivity contribution in [1.82, 2.24) is 14.9 Å². The summed E-state index contributed by atoms with van der Waals surface area (Å²) >= 11 is 0. The number of ether oxygens (including phenoxy) is 1. The zero-order valence-electron chi connectivity index (χ0n) is 12.9. The summed E-state index contributed by atoms with van der Waals surface area (Å²) in [6.45, 7) is 9.03. The van der Waals surface area contributed by atoms with Gasteiger partial charge in [0.1, 0.15) is 11.6 Å². The van der Waals surface area contributed by atoms with E-state index >= 15 is 0 Å². The summed E-state index contributed by atoms with van der Waals surface area (Å²) in [5, 5.41) is 3.34. The van der Waals surface area contributed by atoms with Crippen molar-refractivity contribution in [3.63, 3.8) is 0 Å². The molecule has 112 valence electrons. The molecule has 5 nitrogen and oxygen atoms in total. The van der Waals surface area contributed by atoms with Crippen molar-refractivity contribution < 1.29 is 4.74 Å². The molecule has 1 aromatic heterocycles. The number of aromatic nitrogens is 2. The first-order valence-corrected chi connectivity index (χ1v) is 7.51. The molecule has 0 saturated carbocycles. The van der Waals surface area contributed by atoms with Gasteiger partial charge in [0.25, 0.3) is 0 Å². The van der Waals surface area contributed by atoms with Gasteiger partial charge in [-0.2, -0.15) is 0 Å². The Balaban J connectivity index is 1.93. The number of nitrogens with one attached hydrogen (secondary N) is 1. The Morgan fingerprint density at radius 2 is 2.30 bits per heavy atom. The summed E-state index contributed by atoms with van der Waals surface area (Å²) in [6.07, 6.45) is 2.31. The van der Waals surface area contributed by atoms with Crippen LogP contribution in [0.3, 0.4) is 0 Å². The van der Waals surface area contributed by atoms with Crippen molar-refractivity contribution in [2.45, 2.75) is 33.2 Å². The maximum Gasteiger partial charge on any atom is 0.144 e. The van der Waals surface area contributed by atoms with E-state index in [1.165, 1.54) is 6.42 Å². The Morgan fingerprint density at radius 1 is 1.45 bits per heavy atom. The van der Waals surface area contributed by atoms with E-state index in [4.69, 9.17) is 4.74 Å². The van der Waals surface area contributed by atoms with Gasteiger partial charge in [0.2, 0.25) is 0 Å². The molecule has 1 fully saturated rings. The minimum absolute atomic E-state index is 0.655. The van der Waals surface area contributed by atoms with Crippen LogP contribution in [0, 0.1) is 12.8 Å². The minimum Gasteiger partial charge on any atom is -0.384 e. The lowest BCUT2D eigenvalue weighted by molar-refractivity contribution is 0.152. The van der Waals surface area contributed by atoms with Crippen LogP contribution in [0.25, 0.3) is 0 Å². The van der Waals surface area contributed by atoms with Crippen LogP contribution in [-0.4, -0.2) is 48.2 Å². The lowest BCUT2D eigenvalue weighted by Gasteiger charge is -2.16. The van der Waals surface area contributed by atoms with Crippen LogP contribution in [0.1, 0.15) is 31.3 Å². The molecule has 1 unspecified atom stereocenters. The molecule has 0 aromatic carbocycles. The zero-order chi connectivity index (χ0) is 14.4. The SMILES string of the molecule is CCCNc1cc(C)nc(CN2CCC(COC)C2)n1. The monoisotopic (exact) mass is 278 g/mol. The Bertz CT molecular complexity index is 424. The maximum atomic E-state index is 5.24. The molecule has 1 aliphatic rings. The predicted molar refractivity (Wildman–Crippen MR) is 80.8 cm³/mol. The van der Waals surface area contributed by atoms with Gasteiger partial charge in [-0.15, -0.1) is 0 Å². The normalized spacial score (nSPS) is 19.4. The van der Waals surface area contributed by atoms with Crippen molar-refractivity contribution in [2.24, 2.45) is 5.92 Å². The second-order valence-corrected chi connectivity index (χ2v) is 5.58. The van der Waals surface area contributed by atoms with Crippen molar-refractivity contribution in [3.05, 3.63) is 17.6 Å². The Hall–Kier alpha value is -1.20. The van der Waals surface area contributed by atoms with Crippen LogP contribution >= 0.6 is 0 Å². The highest BCUT2D eigenvalue weighted by molar-refractivity contribution is 5.35. The topological polar surface area (TPSA) is 50.3 Å². The third-order valence-electron chi connectivity index (χ3n) is 3.59. The molecular weight excluding hydrogens is 252 g/mol. The van der Waals surface area contributed by atoms with Crippen molar-refractivity contribution >= 4 is 5.82 Å². The Morgan fingerprint density at radius 3 is 3.05 bits per heavy atom. The van der Waals surface area contributed by atoms with E-state index in [9.17, 15) is 0 Å². The van der Waals surface area contributed by atoms with Crippen LogP contribution in [0.15, 0.2) is 6.07 Å². The molecule has 0 spiro atoms. The minimum atomic E-state index is 0.655. The van der Waals surface area contributed by atoms with Crippen LogP contribution < -0.4 is 5.32 Å². The lowest BCUT2D eigenvalue weighted by Crippen LogP contribution is -2.23. The maximum absolute atomic E-state index is 5.24. The average molecular weight is 278 g/mol. The average Bonchev–Trinajstić information content (AvgIpc) is 2.83. The Kier molecular flexibility index (Phi) is 5.73. The molecule has 0 aliphatic carbocycles. The number of anilines is 1. The van der Waals surface area contributed by atoms with Crippen molar-refractivity contribution in [3.8, 4) is 0 Å². The molecule has 0 amide bonds. The first kappa shape index (κ1) is 15.2. The van der Waals surface area contributed by atoms with E-state index in [2.05, 4.69) is 27.1 Å². The number of methoxy groups -OCH3 is 1. The van der Waals surface area contributed by atoms with Crippen LogP contribution in [-0.2, 0) is 11.3 Å². The van der Waals surface area contributed by atoms with Gasteiger partial charge < -0.3 is 10.1 Å². The third kappa shape index (κ3) is 4.42. The number of hydrogen-bond donors (Lipinski definition) is 1. The van der Waals surface area contributed by atoms with Crippen LogP contribution in [0.4, 0.5) is 5.82 Å². The van der Waals surface area contributed by atoms with Crippen LogP contribution in [0.5, 0.6) is 0 Å². The van der Waals surface area contributed by atoms with Gasteiger partial charge in [0, 0.05) is 32.0 Å². The molecule has 5 heteroatoms. The van der Waals surface area contributed by atoms with Gasteiger partial charge >= 0.3 is 0 Å². The van der Waals surface area contributed by atoms with E-state index in [0.717, 1.165) is 56.5 Å². The largest absolute Gasteiger partial charge is 0.384 e. The highest BCUT2D eigenvalue weighted by Gasteiger charge is 2.23. The first-order chi connectivity index (χ1) is 9.71. The smallest absolute Gasteiger partial charge is 0.144 e. The number of likely N-dealkylation sites (tertiary alicyclic amines) is 1. The summed E-state index contributed by atoms with van der Waals surface area (Å²) < 4.78 is 5.24. The molecule has 2 rings (SSSR count). The zero-order valence-corrected chi connectivity index (χ0v) is 12.9. The number of hydrogen-bond acceptors (Lipinski definition) is 5. The van der Waals surface area contributed by atoms with Gasteiger partial charge in [0.05, 0.1) is 13.2 Å². The molecule has 2 heterocycles. The van der Waals surface area contributed by atoms with E-state index in [1.807, 2.05) is 13.0 Å². The molecule has 1 atom stereocenters. The Labute approximate surface area is 121 Å². The third-order valence-corrected chi connectivity index (χ3v) is 3.59. The van der Waals surface area contributed by atoms with E-state index in [-0.39, 0.29) is 0 Å². The molecular formula is C15H26N4O. The number of nitrogens with zero attached hydrogens (tertiary/aromatic N) is 3. The molecule has 1 aromatic rings. The van der Waals surface area contributed by atoms with Crippen LogP contribution in [0.2, 0.25) is 0 Å². The second kappa shape index (κ2) is 7.55. The van der Waals surface area contributed by atoms with E-state index in [1.54, 1.807) is 7.11 Å². The summed E-state index contributed by atoms with van der Waals surface area (Å²) in [4.78, 5) is 11.6. The summed E-state index contributed by atoms with van der Waals surface area (Å²) in [7, 11) is 1.78. The van der Waals surface area contributed by atoms with Gasteiger partial charge in [-0.05, 0) is 32.2 Å². The highest BCUT2D eigenvalue weighted by Crippen LogP contribution is 2.18. The van der Waals surface area contributed by atoms with Crippen molar-refractivity contribution in [2.75, 3.05) is 38.7 Å². The lowest BCUT2D eigenvalue weighted by atomic mass is 10.1. The highest BCUT2D eigenvalue weighted by atomic mass is 16.5. The predicted octanol–water partition coefficient (Wildman–Crippen LogP) is 2.08. The standard InChI is InChI=1S/C15H26N4O/c1-4-6-16-14-8-12(2)17-15(18-14)10-19-7-5-13(9-19)11-20-3/h8,13H,4-7,9-11H2,1-3H3,(H,16,17,18). The van der Waals surface area contributed by atoms with E-state index in [0.29, 0.717) is 5.92 Å². The second-order valence-electron chi connectivity index (χ2n) is 5.58. The van der Waals surface area contributed by atoms with E-state index < -0.39 is 0 Å². The fourth-order valence-corrected chi connectivity index (χ4v) is 2.67. The number of rotatable bonds is 7. The van der Waals surface area contributed by atoms with Gasteiger partial charge in [-0.25, -0.2) is 9.97 Å². The summed E-state index contributed by atoms with van der Waals surface area (Å²) in [5.41, 5.74) is 1.03. The quantitative estimate of drug-likeness (QED) is 0.827. The molecule has 1 N–H and O–H groups in total. The molecule has 0 radical (unpaired) electrons. The molecule has 20 heavy (non-hydrogen) atoms. The molecule has 0 bridgehead atoms. The first-order valence-electron chi connectivity index (χ1n) is 7.51. The fraction of sp³-hybridized carbons (Fsp3) is 0.733.